The molecule has 27 heavy (non-hydrogen) atoms. The highest BCUT2D eigenvalue weighted by Gasteiger charge is 2.20. The van der Waals surface area contributed by atoms with Crippen LogP contribution in [0.4, 0.5) is 17.5 Å². The molecule has 0 aliphatic carbocycles. The average molecular weight is 388 g/mol. The Morgan fingerprint density at radius 1 is 0.926 bits per heavy atom. The quantitative estimate of drug-likeness (QED) is 0.806. The Kier molecular flexibility index (Phi) is 5.64. The van der Waals surface area contributed by atoms with Gasteiger partial charge in [0.05, 0.1) is 13.2 Å². The summed E-state index contributed by atoms with van der Waals surface area (Å²) in [5.41, 5.74) is 2.39. The van der Waals surface area contributed by atoms with E-state index in [1.807, 2.05) is 24.4 Å². The zero-order valence-corrected chi connectivity index (χ0v) is 16.5. The third kappa shape index (κ3) is 4.12. The van der Waals surface area contributed by atoms with E-state index in [0.29, 0.717) is 0 Å². The number of hydrogen-bond donors (Lipinski definition) is 0. The zero-order valence-electron chi connectivity index (χ0n) is 15.8. The molecule has 0 radical (unpaired) electrons. The molecule has 0 amide bonds. The maximum atomic E-state index is 6.32. The molecule has 4 rings (SSSR count). The van der Waals surface area contributed by atoms with Crippen LogP contribution in [0.5, 0.6) is 0 Å². The second kappa shape index (κ2) is 8.31. The van der Waals surface area contributed by atoms with Crippen molar-refractivity contribution in [3.8, 4) is 0 Å². The van der Waals surface area contributed by atoms with Gasteiger partial charge in [-0.05, 0) is 37.1 Å². The van der Waals surface area contributed by atoms with Crippen molar-refractivity contribution in [3.05, 3.63) is 41.0 Å². The molecule has 1 aromatic heterocycles. The normalized spacial score (nSPS) is 18.5. The lowest BCUT2D eigenvalue weighted by Crippen LogP contribution is -2.38. The van der Waals surface area contributed by atoms with E-state index in [1.165, 1.54) is 5.69 Å². The van der Waals surface area contributed by atoms with Crippen molar-refractivity contribution in [2.45, 2.75) is 13.3 Å². The van der Waals surface area contributed by atoms with Gasteiger partial charge in [0.2, 0.25) is 5.95 Å². The van der Waals surface area contributed by atoms with Crippen molar-refractivity contribution in [2.75, 3.05) is 67.2 Å². The highest BCUT2D eigenvalue weighted by molar-refractivity contribution is 6.31. The molecular weight excluding hydrogens is 362 g/mol. The number of nitrogens with zero attached hydrogens (tertiary/aromatic N) is 5. The maximum absolute atomic E-state index is 6.32. The lowest BCUT2D eigenvalue weighted by Gasteiger charge is -2.28. The lowest BCUT2D eigenvalue weighted by molar-refractivity contribution is 0.122. The molecule has 1 aromatic carbocycles. The third-order valence-corrected chi connectivity index (χ3v) is 5.73. The second-order valence-electron chi connectivity index (χ2n) is 7.03. The molecule has 7 heteroatoms. The Balaban J connectivity index is 1.47. The summed E-state index contributed by atoms with van der Waals surface area (Å²) in [6.45, 7) is 9.20. The Hall–Kier alpha value is -2.05. The third-order valence-electron chi connectivity index (χ3n) is 5.32. The van der Waals surface area contributed by atoms with E-state index >= 15 is 0 Å². The molecule has 2 aliphatic heterocycles. The van der Waals surface area contributed by atoms with E-state index in [9.17, 15) is 0 Å². The van der Waals surface area contributed by atoms with Crippen LogP contribution in [0, 0.1) is 6.92 Å². The first kappa shape index (κ1) is 18.3. The van der Waals surface area contributed by atoms with Crippen molar-refractivity contribution in [1.29, 1.82) is 0 Å². The standard InChI is InChI=1S/C20H26ClN5O/c1-16-17(21)4-2-5-18(16)24-8-3-9-25(11-10-24)19-6-7-22-20(23-19)26-12-14-27-15-13-26/h2,4-7H,3,8-15H2,1H3. The van der Waals surface area contributed by atoms with E-state index < -0.39 is 0 Å². The van der Waals surface area contributed by atoms with Crippen molar-refractivity contribution in [3.63, 3.8) is 0 Å². The molecule has 0 spiro atoms. The van der Waals surface area contributed by atoms with E-state index in [2.05, 4.69) is 32.7 Å². The van der Waals surface area contributed by atoms with E-state index in [-0.39, 0.29) is 0 Å². The average Bonchev–Trinajstić information content (AvgIpc) is 2.97. The molecule has 0 bridgehead atoms. The van der Waals surface area contributed by atoms with E-state index in [1.54, 1.807) is 0 Å². The van der Waals surface area contributed by atoms with Crippen molar-refractivity contribution in [1.82, 2.24) is 9.97 Å². The fraction of sp³-hybridized carbons (Fsp3) is 0.500. The minimum atomic E-state index is 0.741. The number of morpholine rings is 1. The molecule has 0 N–H and O–H groups in total. The lowest BCUT2D eigenvalue weighted by atomic mass is 10.1. The van der Waals surface area contributed by atoms with Crippen LogP contribution < -0.4 is 14.7 Å². The number of anilines is 3. The van der Waals surface area contributed by atoms with Crippen LogP contribution in [0.15, 0.2) is 30.5 Å². The van der Waals surface area contributed by atoms with Gasteiger partial charge in [-0.25, -0.2) is 4.98 Å². The van der Waals surface area contributed by atoms with E-state index in [4.69, 9.17) is 21.3 Å². The van der Waals surface area contributed by atoms with Gasteiger partial charge in [-0.1, -0.05) is 17.7 Å². The van der Waals surface area contributed by atoms with Gasteiger partial charge in [0.15, 0.2) is 0 Å². The molecule has 0 atom stereocenters. The van der Waals surface area contributed by atoms with Gasteiger partial charge in [-0.15, -0.1) is 0 Å². The fourth-order valence-corrected chi connectivity index (χ4v) is 3.93. The van der Waals surface area contributed by atoms with Crippen LogP contribution in [-0.2, 0) is 4.74 Å². The number of ether oxygens (including phenoxy) is 1. The van der Waals surface area contributed by atoms with Crippen LogP contribution >= 0.6 is 11.6 Å². The summed E-state index contributed by atoms with van der Waals surface area (Å²) in [5, 5.41) is 0.833. The van der Waals surface area contributed by atoms with Crippen LogP contribution in [0.1, 0.15) is 12.0 Å². The van der Waals surface area contributed by atoms with Crippen LogP contribution in [0.25, 0.3) is 0 Å². The largest absolute Gasteiger partial charge is 0.378 e. The molecule has 0 saturated carbocycles. The summed E-state index contributed by atoms with van der Waals surface area (Å²) < 4.78 is 5.43. The number of hydrogen-bond acceptors (Lipinski definition) is 6. The highest BCUT2D eigenvalue weighted by Crippen LogP contribution is 2.28. The van der Waals surface area contributed by atoms with Gasteiger partial charge in [0, 0.05) is 56.2 Å². The number of halogens is 1. The summed E-state index contributed by atoms with van der Waals surface area (Å²) in [7, 11) is 0. The molecule has 144 valence electrons. The molecule has 2 saturated heterocycles. The Morgan fingerprint density at radius 3 is 2.56 bits per heavy atom. The molecule has 3 heterocycles. The first-order valence-corrected chi connectivity index (χ1v) is 10.0. The highest BCUT2D eigenvalue weighted by atomic mass is 35.5. The van der Waals surface area contributed by atoms with Crippen molar-refractivity contribution >= 4 is 29.1 Å². The van der Waals surface area contributed by atoms with Crippen LogP contribution in [-0.4, -0.2) is 62.5 Å². The second-order valence-corrected chi connectivity index (χ2v) is 7.43. The van der Waals surface area contributed by atoms with Gasteiger partial charge < -0.3 is 19.4 Å². The number of rotatable bonds is 3. The summed E-state index contributed by atoms with van der Waals surface area (Å²) >= 11 is 6.32. The minimum absolute atomic E-state index is 0.741. The van der Waals surface area contributed by atoms with Crippen LogP contribution in [0.2, 0.25) is 5.02 Å². The molecule has 0 unspecified atom stereocenters. The monoisotopic (exact) mass is 387 g/mol. The maximum Gasteiger partial charge on any atom is 0.227 e. The summed E-state index contributed by atoms with van der Waals surface area (Å²) in [5.74, 6) is 1.82. The molecule has 2 fully saturated rings. The van der Waals surface area contributed by atoms with E-state index in [0.717, 1.165) is 81.3 Å². The molecular formula is C20H26ClN5O. The Labute approximate surface area is 165 Å². The topological polar surface area (TPSA) is 44.7 Å². The summed E-state index contributed by atoms with van der Waals surface area (Å²) in [6, 6.07) is 8.17. The van der Waals surface area contributed by atoms with Crippen molar-refractivity contribution in [2.24, 2.45) is 0 Å². The van der Waals surface area contributed by atoms with Gasteiger partial charge in [0.1, 0.15) is 5.82 Å². The predicted molar refractivity (Wildman–Crippen MR) is 110 cm³/mol. The predicted octanol–water partition coefficient (Wildman–Crippen LogP) is 2.99. The molecule has 6 nitrogen and oxygen atoms in total. The number of aromatic nitrogens is 2. The fourth-order valence-electron chi connectivity index (χ4n) is 3.76. The van der Waals surface area contributed by atoms with Gasteiger partial charge in [0.25, 0.3) is 0 Å². The summed E-state index contributed by atoms with van der Waals surface area (Å²) in [4.78, 5) is 16.3. The first-order valence-electron chi connectivity index (χ1n) is 9.63. The Bertz CT molecular complexity index is 781. The zero-order chi connectivity index (χ0) is 18.6. The van der Waals surface area contributed by atoms with Gasteiger partial charge >= 0.3 is 0 Å². The summed E-state index contributed by atoms with van der Waals surface area (Å²) in [6.07, 6.45) is 2.96. The molecule has 2 aromatic rings. The first-order chi connectivity index (χ1) is 13.2. The Morgan fingerprint density at radius 2 is 1.70 bits per heavy atom. The van der Waals surface area contributed by atoms with Gasteiger partial charge in [-0.2, -0.15) is 4.98 Å². The van der Waals surface area contributed by atoms with Gasteiger partial charge in [-0.3, -0.25) is 0 Å². The molecule has 2 aliphatic rings. The number of benzene rings is 1. The minimum Gasteiger partial charge on any atom is -0.378 e. The smallest absolute Gasteiger partial charge is 0.227 e. The van der Waals surface area contributed by atoms with Crippen LogP contribution in [0.3, 0.4) is 0 Å². The SMILES string of the molecule is Cc1c(Cl)cccc1N1CCCN(c2ccnc(N3CCOCC3)n2)CC1. The van der Waals surface area contributed by atoms with Crippen molar-refractivity contribution < 1.29 is 4.74 Å².